The van der Waals surface area contributed by atoms with E-state index in [1.165, 1.54) is 4.57 Å². The van der Waals surface area contributed by atoms with Gasteiger partial charge in [0.25, 0.3) is 5.56 Å². The number of phosphoric ester groups is 1. The molecule has 1 fully saturated rings. The first-order valence-electron chi connectivity index (χ1n) is 7.14. The van der Waals surface area contributed by atoms with E-state index in [2.05, 4.69) is 23.8 Å². The molecule has 3 heterocycles. The van der Waals surface area contributed by atoms with E-state index in [0.717, 1.165) is 12.7 Å². The molecule has 0 aliphatic carbocycles. The number of aromatic amines is 1. The molecule has 0 bridgehead atoms. The molecule has 0 amide bonds. The summed E-state index contributed by atoms with van der Waals surface area (Å²) < 4.78 is 36.6. The highest BCUT2D eigenvalue weighted by molar-refractivity contribution is 7.60. The van der Waals surface area contributed by atoms with Gasteiger partial charge in [0.05, 0.1) is 19.3 Å². The van der Waals surface area contributed by atoms with Gasteiger partial charge in [0, 0.05) is 0 Å². The quantitative estimate of drug-likeness (QED) is 0.273. The number of fused-ring (bicyclic) bond motifs is 1. The molecular weight excluding hydrogens is 414 g/mol. The van der Waals surface area contributed by atoms with Gasteiger partial charge in [0.2, 0.25) is 0 Å². The van der Waals surface area contributed by atoms with E-state index >= 15 is 0 Å². The van der Waals surface area contributed by atoms with Crippen molar-refractivity contribution >= 4 is 26.8 Å². The number of nitrogens with zero attached hydrogens (tertiary/aromatic N) is 3. The maximum atomic E-state index is 11.7. The Labute approximate surface area is 149 Å². The lowest BCUT2D eigenvalue weighted by molar-refractivity contribution is -0.0503. The third-order valence-corrected chi connectivity index (χ3v) is 5.74. The summed E-state index contributed by atoms with van der Waals surface area (Å²) >= 11 is 0. The lowest BCUT2D eigenvalue weighted by Gasteiger charge is -2.17. The van der Waals surface area contributed by atoms with Gasteiger partial charge >= 0.3 is 15.6 Å². The van der Waals surface area contributed by atoms with Crippen LogP contribution in [-0.2, 0) is 22.7 Å². The molecule has 0 spiro atoms. The second-order valence-corrected chi connectivity index (χ2v) is 8.27. The van der Waals surface area contributed by atoms with E-state index in [-0.39, 0.29) is 11.2 Å². The number of imidazole rings is 1. The minimum atomic E-state index is -5.30. The van der Waals surface area contributed by atoms with Gasteiger partial charge < -0.3 is 34.6 Å². The van der Waals surface area contributed by atoms with Gasteiger partial charge in [-0.15, -0.1) is 0 Å². The van der Waals surface area contributed by atoms with Gasteiger partial charge in [-0.05, 0) is 0 Å². The molecule has 2 aromatic rings. The van der Waals surface area contributed by atoms with E-state index in [0.29, 0.717) is 0 Å². The summed E-state index contributed by atoms with van der Waals surface area (Å²) in [5, 5.41) is 20.2. The predicted octanol–water partition coefficient (Wildman–Crippen LogP) is -2.03. The molecule has 0 radical (unpaired) electrons. The van der Waals surface area contributed by atoms with Crippen molar-refractivity contribution in [3.63, 3.8) is 0 Å². The molecule has 0 saturated carbocycles. The van der Waals surface area contributed by atoms with Crippen molar-refractivity contribution < 1.29 is 47.6 Å². The molecule has 3 rings (SSSR count). The smallest absolute Gasteiger partial charge is 0.387 e. The maximum Gasteiger partial charge on any atom is 0.481 e. The molecule has 0 aromatic carbocycles. The van der Waals surface area contributed by atoms with Crippen molar-refractivity contribution in [1.29, 1.82) is 0 Å². The summed E-state index contributed by atoms with van der Waals surface area (Å²) in [5.41, 5.74) is -0.533. The fourth-order valence-corrected chi connectivity index (χ4v) is 4.07. The van der Waals surface area contributed by atoms with Gasteiger partial charge in [-0.3, -0.25) is 13.9 Å². The van der Waals surface area contributed by atoms with Gasteiger partial charge in [-0.25, -0.2) is 19.1 Å². The second kappa shape index (κ2) is 7.14. The fraction of sp³-hybridized carbons (Fsp3) is 0.500. The molecule has 6 N–H and O–H groups in total. The second-order valence-electron chi connectivity index (χ2n) is 5.44. The Morgan fingerprint density at radius 3 is 2.59 bits per heavy atom. The largest absolute Gasteiger partial charge is 0.481 e. The topological polar surface area (TPSA) is 227 Å². The van der Waals surface area contributed by atoms with Crippen LogP contribution in [0.5, 0.6) is 0 Å². The first kappa shape index (κ1) is 20.2. The molecular formula is C10H14N4O11P2. The van der Waals surface area contributed by atoms with Crippen molar-refractivity contribution in [2.45, 2.75) is 24.5 Å². The molecule has 150 valence electrons. The average Bonchev–Trinajstić information content (AvgIpc) is 3.07. The minimum absolute atomic E-state index is 0.0441. The standard InChI is InChI=1S/C10H14N4O11P2/c15-6-4(1-23-27(21,22)25-26(18,19)20)24-10(7(6)16)14-3-13-5-8(14)11-2-12-9(5)17/h2-4,6-7,10,15-16H,1H2,(H,21,22)(H,11,12,17)(H2,18,19,20)/t4-,6+,7+,10+/m0/s1. The summed E-state index contributed by atoms with van der Waals surface area (Å²) in [5.74, 6) is 0. The summed E-state index contributed by atoms with van der Waals surface area (Å²) in [4.78, 5) is 48.0. The highest BCUT2D eigenvalue weighted by Crippen LogP contribution is 2.57. The highest BCUT2D eigenvalue weighted by atomic mass is 31.3. The van der Waals surface area contributed by atoms with Crippen LogP contribution >= 0.6 is 15.6 Å². The van der Waals surface area contributed by atoms with Crippen LogP contribution in [0.2, 0.25) is 0 Å². The summed E-state index contributed by atoms with van der Waals surface area (Å²) in [6.07, 6.45) is -3.56. The zero-order valence-corrected chi connectivity index (χ0v) is 14.9. The third kappa shape index (κ3) is 4.33. The Kier molecular flexibility index (Phi) is 5.35. The molecule has 5 atom stereocenters. The van der Waals surface area contributed by atoms with E-state index in [4.69, 9.17) is 14.5 Å². The molecule has 1 aliphatic heterocycles. The molecule has 15 nitrogen and oxygen atoms in total. The van der Waals surface area contributed by atoms with E-state index < -0.39 is 52.4 Å². The average molecular weight is 428 g/mol. The number of hydrogen-bond donors (Lipinski definition) is 6. The molecule has 27 heavy (non-hydrogen) atoms. The molecule has 17 heteroatoms. The number of hydrogen-bond acceptors (Lipinski definition) is 10. The van der Waals surface area contributed by atoms with Crippen molar-refractivity contribution in [3.05, 3.63) is 23.0 Å². The Balaban J connectivity index is 1.76. The molecule has 1 unspecified atom stereocenters. The number of ether oxygens (including phenoxy) is 1. The van der Waals surface area contributed by atoms with Crippen molar-refractivity contribution in [1.82, 2.24) is 19.5 Å². The van der Waals surface area contributed by atoms with Gasteiger partial charge in [0.1, 0.15) is 18.3 Å². The van der Waals surface area contributed by atoms with Gasteiger partial charge in [0.15, 0.2) is 17.4 Å². The molecule has 1 aliphatic rings. The monoisotopic (exact) mass is 428 g/mol. The predicted molar refractivity (Wildman–Crippen MR) is 83.0 cm³/mol. The SMILES string of the molecule is O=c1[nH]cnc2c1ncn2[C@@H]1O[C@@H](COP(=O)(O)OP(=O)(O)O)[C@@H](O)[C@H]1O. The normalized spacial score (nSPS) is 28.5. The van der Waals surface area contributed by atoms with Crippen molar-refractivity contribution in [2.24, 2.45) is 0 Å². The van der Waals surface area contributed by atoms with Crippen LogP contribution in [0.25, 0.3) is 11.2 Å². The van der Waals surface area contributed by atoms with Crippen LogP contribution in [0.15, 0.2) is 17.4 Å². The van der Waals surface area contributed by atoms with Crippen LogP contribution in [-0.4, -0.2) is 69.3 Å². The van der Waals surface area contributed by atoms with Gasteiger partial charge in [-0.1, -0.05) is 0 Å². The minimum Gasteiger partial charge on any atom is -0.387 e. The van der Waals surface area contributed by atoms with Gasteiger partial charge in [-0.2, -0.15) is 4.31 Å². The number of aromatic nitrogens is 4. The summed E-state index contributed by atoms with van der Waals surface area (Å²) in [6, 6.07) is 0. The Morgan fingerprint density at radius 2 is 1.93 bits per heavy atom. The zero-order valence-electron chi connectivity index (χ0n) is 13.1. The number of H-pyrrole nitrogens is 1. The Bertz CT molecular complexity index is 985. The van der Waals surface area contributed by atoms with Crippen LogP contribution in [0.4, 0.5) is 0 Å². The lowest BCUT2D eigenvalue weighted by Crippen LogP contribution is -2.33. The molecule has 1 saturated heterocycles. The number of rotatable bonds is 6. The van der Waals surface area contributed by atoms with Crippen LogP contribution < -0.4 is 5.56 Å². The zero-order chi connectivity index (χ0) is 20.0. The van der Waals surface area contributed by atoms with Crippen molar-refractivity contribution in [2.75, 3.05) is 6.61 Å². The number of aliphatic hydroxyl groups is 2. The van der Waals surface area contributed by atoms with E-state index in [1.54, 1.807) is 0 Å². The Morgan fingerprint density at radius 1 is 1.22 bits per heavy atom. The number of phosphoric acid groups is 2. The number of nitrogens with one attached hydrogen (secondary N) is 1. The summed E-state index contributed by atoms with van der Waals surface area (Å²) in [7, 11) is -10.5. The first-order valence-corrected chi connectivity index (χ1v) is 10.2. The number of aliphatic hydroxyl groups excluding tert-OH is 2. The Hall–Kier alpha value is -1.51. The molecule has 2 aromatic heterocycles. The van der Waals surface area contributed by atoms with E-state index in [9.17, 15) is 29.0 Å². The van der Waals surface area contributed by atoms with Crippen LogP contribution in [0.1, 0.15) is 6.23 Å². The maximum absolute atomic E-state index is 11.7. The van der Waals surface area contributed by atoms with Crippen LogP contribution in [0.3, 0.4) is 0 Å². The highest BCUT2D eigenvalue weighted by Gasteiger charge is 2.46. The first-order chi connectivity index (χ1) is 12.5. The lowest BCUT2D eigenvalue weighted by atomic mass is 10.1. The van der Waals surface area contributed by atoms with Crippen molar-refractivity contribution in [3.8, 4) is 0 Å². The third-order valence-electron chi connectivity index (χ3n) is 3.59. The summed E-state index contributed by atoms with van der Waals surface area (Å²) in [6.45, 7) is -0.844. The fourth-order valence-electron chi connectivity index (χ4n) is 2.47. The van der Waals surface area contributed by atoms with Crippen LogP contribution in [0, 0.1) is 0 Å². The van der Waals surface area contributed by atoms with E-state index in [1.807, 2.05) is 0 Å².